The Balaban J connectivity index is 1.33. The third-order valence-corrected chi connectivity index (χ3v) is 3.28. The molecule has 3 rings (SSSR count). The highest BCUT2D eigenvalue weighted by Crippen LogP contribution is 2.32. The lowest BCUT2D eigenvalue weighted by Crippen LogP contribution is -2.33. The van der Waals surface area contributed by atoms with Crippen LogP contribution in [0.5, 0.6) is 5.75 Å². The Bertz CT molecular complexity index is 469. The van der Waals surface area contributed by atoms with E-state index in [1.54, 1.807) is 24.3 Å². The lowest BCUT2D eigenvalue weighted by Gasteiger charge is -2.15. The lowest BCUT2D eigenvalue weighted by molar-refractivity contribution is -0.485. The molecule has 2 aliphatic heterocycles. The van der Waals surface area contributed by atoms with Gasteiger partial charge in [0.25, 0.3) is 0 Å². The zero-order valence-electron chi connectivity index (χ0n) is 11.1. The molecule has 0 saturated carbocycles. The van der Waals surface area contributed by atoms with Crippen molar-refractivity contribution in [3.05, 3.63) is 30.3 Å². The maximum absolute atomic E-state index is 11.5. The van der Waals surface area contributed by atoms with E-state index in [-0.39, 0.29) is 18.3 Å². The van der Waals surface area contributed by atoms with Gasteiger partial charge in [-0.25, -0.2) is 4.79 Å². The molecule has 2 saturated heterocycles. The minimum absolute atomic E-state index is 0.0669. The van der Waals surface area contributed by atoms with Gasteiger partial charge in [-0.2, -0.15) is 5.48 Å². The minimum Gasteiger partial charge on any atom is -0.442 e. The number of hydrogen-bond donors (Lipinski definition) is 1. The summed E-state index contributed by atoms with van der Waals surface area (Å²) >= 11 is 0. The number of carbonyl (C=O) groups is 1. The van der Waals surface area contributed by atoms with Gasteiger partial charge < -0.3 is 19.1 Å². The van der Waals surface area contributed by atoms with Gasteiger partial charge >= 0.3 is 6.09 Å². The standard InChI is InChI=1S/C13H15NO7/c15-13(14-20-21-19-9-4-2-1-3-5-9)18-11-8-17-12-10(11)6-7-16-12/h1-5,10-12H,6-8H2,(H,14,15)/t10-,11-,12+/m0/s1. The molecule has 1 amide bonds. The van der Waals surface area contributed by atoms with E-state index in [1.807, 2.05) is 11.5 Å². The molecule has 0 aliphatic carbocycles. The summed E-state index contributed by atoms with van der Waals surface area (Å²) in [5, 5.41) is 4.37. The van der Waals surface area contributed by atoms with Crippen molar-refractivity contribution in [3.63, 3.8) is 0 Å². The highest BCUT2D eigenvalue weighted by molar-refractivity contribution is 5.66. The number of hydroxylamine groups is 1. The summed E-state index contributed by atoms with van der Waals surface area (Å²) in [6.45, 7) is 0.922. The summed E-state index contributed by atoms with van der Waals surface area (Å²) in [6.07, 6.45) is -0.609. The largest absolute Gasteiger partial charge is 0.442 e. The van der Waals surface area contributed by atoms with Crippen LogP contribution in [0.25, 0.3) is 0 Å². The first kappa shape index (κ1) is 14.1. The predicted molar refractivity (Wildman–Crippen MR) is 66.4 cm³/mol. The Morgan fingerprint density at radius 2 is 2.10 bits per heavy atom. The molecule has 1 aromatic rings. The Morgan fingerprint density at radius 3 is 2.95 bits per heavy atom. The molecule has 0 unspecified atom stereocenters. The lowest BCUT2D eigenvalue weighted by atomic mass is 10.0. The minimum atomic E-state index is -0.784. The Kier molecular flexibility index (Phi) is 4.51. The second-order valence-electron chi connectivity index (χ2n) is 4.62. The average Bonchev–Trinajstić information content (AvgIpc) is 3.10. The van der Waals surface area contributed by atoms with Gasteiger partial charge in [-0.15, -0.1) is 0 Å². The van der Waals surface area contributed by atoms with Crippen LogP contribution in [0, 0.1) is 5.92 Å². The zero-order valence-corrected chi connectivity index (χ0v) is 11.1. The van der Waals surface area contributed by atoms with E-state index in [9.17, 15) is 4.79 Å². The summed E-state index contributed by atoms with van der Waals surface area (Å²) in [6, 6.07) is 8.68. The van der Waals surface area contributed by atoms with E-state index in [1.165, 1.54) is 0 Å². The second-order valence-corrected chi connectivity index (χ2v) is 4.62. The number of fused-ring (bicyclic) bond motifs is 1. The molecule has 8 nitrogen and oxygen atoms in total. The molecule has 0 radical (unpaired) electrons. The maximum Gasteiger partial charge on any atom is 0.434 e. The third kappa shape index (κ3) is 3.61. The number of amides is 1. The van der Waals surface area contributed by atoms with Crippen molar-refractivity contribution < 1.29 is 33.9 Å². The fraction of sp³-hybridized carbons (Fsp3) is 0.462. The van der Waals surface area contributed by atoms with Crippen molar-refractivity contribution in [2.45, 2.75) is 18.8 Å². The molecule has 21 heavy (non-hydrogen) atoms. The van der Waals surface area contributed by atoms with Crippen molar-refractivity contribution in [2.24, 2.45) is 5.92 Å². The molecule has 8 heteroatoms. The van der Waals surface area contributed by atoms with Crippen LogP contribution in [0.3, 0.4) is 0 Å². The summed E-state index contributed by atoms with van der Waals surface area (Å²) in [4.78, 5) is 20.7. The van der Waals surface area contributed by atoms with Crippen LogP contribution >= 0.6 is 0 Å². The van der Waals surface area contributed by atoms with Gasteiger partial charge in [0.15, 0.2) is 12.0 Å². The van der Waals surface area contributed by atoms with Gasteiger partial charge in [-0.3, -0.25) is 0 Å². The van der Waals surface area contributed by atoms with Crippen LogP contribution in [0.4, 0.5) is 4.79 Å². The predicted octanol–water partition coefficient (Wildman–Crippen LogP) is 1.33. The highest BCUT2D eigenvalue weighted by atomic mass is 17.5. The third-order valence-electron chi connectivity index (χ3n) is 3.28. The van der Waals surface area contributed by atoms with E-state index in [2.05, 4.69) is 10.0 Å². The van der Waals surface area contributed by atoms with Crippen molar-refractivity contribution in [1.82, 2.24) is 5.48 Å². The molecule has 3 atom stereocenters. The van der Waals surface area contributed by atoms with E-state index < -0.39 is 6.09 Å². The van der Waals surface area contributed by atoms with Gasteiger partial charge in [0, 0.05) is 5.04 Å². The average molecular weight is 297 g/mol. The molecule has 1 N–H and O–H groups in total. The normalized spacial score (nSPS) is 27.1. The first-order valence-electron chi connectivity index (χ1n) is 6.58. The number of ether oxygens (including phenoxy) is 3. The van der Waals surface area contributed by atoms with E-state index >= 15 is 0 Å². The number of hydrogen-bond acceptors (Lipinski definition) is 7. The first-order chi connectivity index (χ1) is 10.3. The highest BCUT2D eigenvalue weighted by Gasteiger charge is 2.43. The van der Waals surface area contributed by atoms with Gasteiger partial charge in [0.1, 0.15) is 6.10 Å². The maximum atomic E-state index is 11.5. The van der Waals surface area contributed by atoms with Crippen LogP contribution < -0.4 is 10.4 Å². The van der Waals surface area contributed by atoms with Crippen molar-refractivity contribution in [3.8, 4) is 5.75 Å². The van der Waals surface area contributed by atoms with E-state index in [4.69, 9.17) is 19.1 Å². The Hall–Kier alpha value is -1.87. The summed E-state index contributed by atoms with van der Waals surface area (Å²) < 4.78 is 15.8. The van der Waals surface area contributed by atoms with E-state index in [0.717, 1.165) is 6.42 Å². The van der Waals surface area contributed by atoms with Crippen LogP contribution in [-0.4, -0.2) is 31.7 Å². The van der Waals surface area contributed by atoms with Crippen LogP contribution in [-0.2, 0) is 24.2 Å². The topological polar surface area (TPSA) is 84.5 Å². The summed E-state index contributed by atoms with van der Waals surface area (Å²) in [5.41, 5.74) is 1.95. The van der Waals surface area contributed by atoms with Crippen molar-refractivity contribution >= 4 is 6.09 Å². The number of rotatable bonds is 5. The second kappa shape index (κ2) is 6.72. The van der Waals surface area contributed by atoms with Gasteiger partial charge in [0.2, 0.25) is 0 Å². The SMILES string of the molecule is O=C(NOOOc1ccccc1)O[C@H]1CO[C@H]2OCC[C@H]21. The fourth-order valence-electron chi connectivity index (χ4n) is 2.29. The number of carbonyl (C=O) groups excluding carboxylic acids is 1. The number of benzene rings is 1. The first-order valence-corrected chi connectivity index (χ1v) is 6.58. The van der Waals surface area contributed by atoms with Crippen molar-refractivity contribution in [2.75, 3.05) is 13.2 Å². The molecule has 2 fully saturated rings. The summed E-state index contributed by atoms with van der Waals surface area (Å²) in [5.74, 6) is 0.500. The van der Waals surface area contributed by atoms with Gasteiger partial charge in [0.05, 0.1) is 19.1 Å². The van der Waals surface area contributed by atoms with Gasteiger partial charge in [-0.05, 0) is 18.6 Å². The van der Waals surface area contributed by atoms with Crippen molar-refractivity contribution in [1.29, 1.82) is 0 Å². The molecular formula is C13H15NO7. The van der Waals surface area contributed by atoms with Crippen LogP contribution in [0.15, 0.2) is 30.3 Å². The monoisotopic (exact) mass is 297 g/mol. The molecule has 2 aliphatic rings. The quantitative estimate of drug-likeness (QED) is 0.498. The molecule has 1 aromatic carbocycles. The molecule has 0 aromatic heterocycles. The number of nitrogens with one attached hydrogen (secondary N) is 1. The Labute approximate surface area is 120 Å². The summed E-state index contributed by atoms with van der Waals surface area (Å²) in [7, 11) is 0. The zero-order chi connectivity index (χ0) is 14.5. The Morgan fingerprint density at radius 1 is 1.24 bits per heavy atom. The fourth-order valence-corrected chi connectivity index (χ4v) is 2.29. The van der Waals surface area contributed by atoms with E-state index in [0.29, 0.717) is 19.0 Å². The smallest absolute Gasteiger partial charge is 0.434 e. The van der Waals surface area contributed by atoms with Crippen LogP contribution in [0.1, 0.15) is 6.42 Å². The molecule has 0 spiro atoms. The molecule has 2 heterocycles. The molecule has 114 valence electrons. The molecular weight excluding hydrogens is 282 g/mol. The van der Waals surface area contributed by atoms with Crippen LogP contribution in [0.2, 0.25) is 0 Å². The number of para-hydroxylation sites is 1. The van der Waals surface area contributed by atoms with Gasteiger partial charge in [-0.1, -0.05) is 23.2 Å². The molecule has 0 bridgehead atoms.